The molecule has 1 heterocycles. The standard InChI is InChI=1S/C26H31N5O6S/c1-6-26(2,3)29-24(34)21(14-7-10-16(32)11-8-14)31(15-9-12-17(36-4)18(13-15)37-5)25(35)22-19(27)20(23(28)33)30-38-22/h7-13,21,32H,6,27H2,1-5H3,(H2,28,33)(H,29,34)/t21-/m0/s1. The first-order chi connectivity index (χ1) is 17.9. The Bertz CT molecular complexity index is 1340. The lowest BCUT2D eigenvalue weighted by atomic mass is 9.98. The minimum absolute atomic E-state index is 0.0106. The normalized spacial score (nSPS) is 11.9. The summed E-state index contributed by atoms with van der Waals surface area (Å²) in [5.41, 5.74) is 11.1. The van der Waals surface area contributed by atoms with E-state index in [0.717, 1.165) is 0 Å². The van der Waals surface area contributed by atoms with Crippen molar-refractivity contribution in [3.05, 3.63) is 58.6 Å². The Morgan fingerprint density at radius 3 is 2.26 bits per heavy atom. The Labute approximate surface area is 224 Å². The Balaban J connectivity index is 2.29. The highest BCUT2D eigenvalue weighted by Gasteiger charge is 2.38. The van der Waals surface area contributed by atoms with Gasteiger partial charge in [0, 0.05) is 17.3 Å². The molecule has 1 aromatic heterocycles. The number of amides is 3. The van der Waals surface area contributed by atoms with Gasteiger partial charge in [-0.1, -0.05) is 19.1 Å². The SMILES string of the molecule is CCC(C)(C)NC(=O)[C@H](c1ccc(O)cc1)N(C(=O)c1snc(C(N)=O)c1N)c1ccc(OC)c(OC)c1. The van der Waals surface area contributed by atoms with Gasteiger partial charge < -0.3 is 31.4 Å². The smallest absolute Gasteiger partial charge is 0.273 e. The minimum atomic E-state index is -1.22. The van der Waals surface area contributed by atoms with Crippen LogP contribution in [0.1, 0.15) is 59.0 Å². The molecule has 0 radical (unpaired) electrons. The van der Waals surface area contributed by atoms with Crippen molar-refractivity contribution in [2.75, 3.05) is 24.9 Å². The Hall–Kier alpha value is -4.32. The van der Waals surface area contributed by atoms with E-state index in [-0.39, 0.29) is 27.7 Å². The summed E-state index contributed by atoms with van der Waals surface area (Å²) in [4.78, 5) is 41.0. The number of carbonyl (C=O) groups is 3. The molecule has 6 N–H and O–H groups in total. The molecule has 11 nitrogen and oxygen atoms in total. The van der Waals surface area contributed by atoms with E-state index >= 15 is 0 Å². The second kappa shape index (κ2) is 11.4. The predicted octanol–water partition coefficient (Wildman–Crippen LogP) is 3.24. The molecule has 2 aromatic carbocycles. The van der Waals surface area contributed by atoms with E-state index in [1.807, 2.05) is 20.8 Å². The van der Waals surface area contributed by atoms with Crippen LogP contribution in [0.25, 0.3) is 0 Å². The average Bonchev–Trinajstić information content (AvgIpc) is 3.28. The molecule has 3 rings (SSSR count). The van der Waals surface area contributed by atoms with Crippen LogP contribution >= 0.6 is 11.5 Å². The van der Waals surface area contributed by atoms with Gasteiger partial charge in [0.2, 0.25) is 5.91 Å². The number of methoxy groups -OCH3 is 2. The number of ether oxygens (including phenoxy) is 2. The van der Waals surface area contributed by atoms with Crippen LogP contribution in [-0.2, 0) is 4.79 Å². The topological polar surface area (TPSA) is 170 Å². The Morgan fingerprint density at radius 2 is 1.74 bits per heavy atom. The number of nitrogen functional groups attached to an aromatic ring is 1. The van der Waals surface area contributed by atoms with Crippen LogP contribution in [0.2, 0.25) is 0 Å². The van der Waals surface area contributed by atoms with Gasteiger partial charge in [0.05, 0.1) is 19.9 Å². The van der Waals surface area contributed by atoms with Crippen molar-refractivity contribution in [2.24, 2.45) is 5.73 Å². The fourth-order valence-corrected chi connectivity index (χ4v) is 4.40. The average molecular weight is 542 g/mol. The van der Waals surface area contributed by atoms with Crippen molar-refractivity contribution in [3.63, 3.8) is 0 Å². The number of phenols is 1. The zero-order valence-corrected chi connectivity index (χ0v) is 22.6. The Morgan fingerprint density at radius 1 is 1.11 bits per heavy atom. The molecule has 202 valence electrons. The van der Waals surface area contributed by atoms with Crippen LogP contribution in [0, 0.1) is 0 Å². The summed E-state index contributed by atoms with van der Waals surface area (Å²) in [6.45, 7) is 5.65. The fourth-order valence-electron chi connectivity index (χ4n) is 3.66. The quantitative estimate of drug-likeness (QED) is 0.303. The number of rotatable bonds is 10. The lowest BCUT2D eigenvalue weighted by Crippen LogP contribution is -2.50. The van der Waals surface area contributed by atoms with Gasteiger partial charge in [-0.25, -0.2) is 0 Å². The highest BCUT2D eigenvalue weighted by Crippen LogP contribution is 2.38. The Kier molecular flexibility index (Phi) is 8.46. The maximum Gasteiger partial charge on any atom is 0.273 e. The van der Waals surface area contributed by atoms with Crippen LogP contribution in [0.3, 0.4) is 0 Å². The van der Waals surface area contributed by atoms with Crippen LogP contribution in [0.4, 0.5) is 11.4 Å². The molecule has 0 bridgehead atoms. The first-order valence-corrected chi connectivity index (χ1v) is 12.4. The van der Waals surface area contributed by atoms with E-state index in [9.17, 15) is 19.5 Å². The third-order valence-electron chi connectivity index (χ3n) is 6.08. The molecular weight excluding hydrogens is 510 g/mol. The van der Waals surface area contributed by atoms with E-state index in [0.29, 0.717) is 35.0 Å². The number of aromatic nitrogens is 1. The number of anilines is 2. The van der Waals surface area contributed by atoms with Gasteiger partial charge in [-0.05, 0) is 61.6 Å². The first-order valence-electron chi connectivity index (χ1n) is 11.7. The highest BCUT2D eigenvalue weighted by atomic mass is 32.1. The van der Waals surface area contributed by atoms with Gasteiger partial charge in [0.25, 0.3) is 11.8 Å². The maximum absolute atomic E-state index is 14.1. The van der Waals surface area contributed by atoms with Crippen LogP contribution < -0.4 is 31.2 Å². The molecule has 0 aliphatic rings. The third kappa shape index (κ3) is 5.80. The number of hydrogen-bond acceptors (Lipinski definition) is 9. The number of primary amides is 1. The molecule has 0 fully saturated rings. The van der Waals surface area contributed by atoms with Gasteiger partial charge in [0.15, 0.2) is 17.2 Å². The number of nitrogens with one attached hydrogen (secondary N) is 1. The van der Waals surface area contributed by atoms with Gasteiger partial charge in [-0.3, -0.25) is 19.3 Å². The molecule has 0 saturated carbocycles. The van der Waals surface area contributed by atoms with Gasteiger partial charge in [-0.15, -0.1) is 0 Å². The summed E-state index contributed by atoms with van der Waals surface area (Å²) in [5, 5.41) is 12.9. The summed E-state index contributed by atoms with van der Waals surface area (Å²) in [7, 11) is 2.92. The summed E-state index contributed by atoms with van der Waals surface area (Å²) in [6.07, 6.45) is 0.620. The molecule has 0 aliphatic heterocycles. The zero-order valence-electron chi connectivity index (χ0n) is 21.8. The molecule has 0 aliphatic carbocycles. The van der Waals surface area contributed by atoms with Crippen molar-refractivity contribution in [1.29, 1.82) is 0 Å². The van der Waals surface area contributed by atoms with Crippen molar-refractivity contribution in [3.8, 4) is 17.2 Å². The molecule has 0 unspecified atom stereocenters. The lowest BCUT2D eigenvalue weighted by Gasteiger charge is -2.34. The summed E-state index contributed by atoms with van der Waals surface area (Å²) in [5.74, 6) is -1.34. The van der Waals surface area contributed by atoms with E-state index in [2.05, 4.69) is 9.69 Å². The monoisotopic (exact) mass is 541 g/mol. The summed E-state index contributed by atoms with van der Waals surface area (Å²) >= 11 is 0.703. The number of aromatic hydroxyl groups is 1. The second-order valence-corrected chi connectivity index (χ2v) is 9.85. The van der Waals surface area contributed by atoms with E-state index in [1.54, 1.807) is 30.3 Å². The molecule has 3 aromatic rings. The van der Waals surface area contributed by atoms with Crippen LogP contribution in [-0.4, -0.2) is 47.0 Å². The maximum atomic E-state index is 14.1. The van der Waals surface area contributed by atoms with E-state index in [1.165, 1.54) is 31.3 Å². The second-order valence-electron chi connectivity index (χ2n) is 9.07. The van der Waals surface area contributed by atoms with E-state index < -0.39 is 29.3 Å². The number of hydrogen-bond donors (Lipinski definition) is 4. The van der Waals surface area contributed by atoms with Crippen molar-refractivity contribution in [1.82, 2.24) is 9.69 Å². The summed E-state index contributed by atoms with van der Waals surface area (Å²) < 4.78 is 14.7. The number of benzene rings is 2. The predicted molar refractivity (Wildman–Crippen MR) is 145 cm³/mol. The molecular formula is C26H31N5O6S. The number of phenolic OH excluding ortho intramolecular Hbond substituents is 1. The van der Waals surface area contributed by atoms with Crippen LogP contribution in [0.5, 0.6) is 17.2 Å². The number of carbonyl (C=O) groups excluding carboxylic acids is 3. The largest absolute Gasteiger partial charge is 0.508 e. The minimum Gasteiger partial charge on any atom is -0.508 e. The zero-order chi connectivity index (χ0) is 28.2. The number of nitrogens with two attached hydrogens (primary N) is 2. The van der Waals surface area contributed by atoms with Gasteiger partial charge >= 0.3 is 0 Å². The summed E-state index contributed by atoms with van der Waals surface area (Å²) in [6, 6.07) is 9.46. The third-order valence-corrected chi connectivity index (χ3v) is 6.93. The van der Waals surface area contributed by atoms with Crippen molar-refractivity contribution in [2.45, 2.75) is 38.8 Å². The molecule has 1 atom stereocenters. The van der Waals surface area contributed by atoms with Crippen LogP contribution in [0.15, 0.2) is 42.5 Å². The van der Waals surface area contributed by atoms with Crippen molar-refractivity contribution >= 4 is 40.6 Å². The van der Waals surface area contributed by atoms with Gasteiger partial charge in [-0.2, -0.15) is 4.37 Å². The fraction of sp³-hybridized carbons (Fsp3) is 0.308. The molecule has 3 amide bonds. The van der Waals surface area contributed by atoms with Crippen molar-refractivity contribution < 1.29 is 29.0 Å². The molecule has 0 saturated heterocycles. The highest BCUT2D eigenvalue weighted by molar-refractivity contribution is 7.09. The van der Waals surface area contributed by atoms with Gasteiger partial charge in [0.1, 0.15) is 16.7 Å². The first kappa shape index (κ1) is 28.3. The molecule has 12 heteroatoms. The van der Waals surface area contributed by atoms with E-state index in [4.69, 9.17) is 20.9 Å². The lowest BCUT2D eigenvalue weighted by molar-refractivity contribution is -0.124. The molecule has 38 heavy (non-hydrogen) atoms. The molecule has 0 spiro atoms. The number of nitrogens with zero attached hydrogens (tertiary/aromatic N) is 2.